The molecule has 0 aliphatic heterocycles. The van der Waals surface area contributed by atoms with Crippen molar-refractivity contribution in [2.24, 2.45) is 4.99 Å². The number of nitrogens with zero attached hydrogens (tertiary/aromatic N) is 2. The van der Waals surface area contributed by atoms with Gasteiger partial charge >= 0.3 is 0 Å². The standard InChI is InChI=1S/C18H26N4S.HI/c1-12(2)17-14(4)23-16(22-17)11-20-18(19-5)21-13(3)15-9-7-6-8-10-15;/h6-10,12-13H,11H2,1-5H3,(H2,19,20,21);1H. The third-order valence-corrected chi connectivity index (χ3v) is 4.69. The van der Waals surface area contributed by atoms with Crippen LogP contribution in [0, 0.1) is 6.92 Å². The molecule has 0 aliphatic carbocycles. The van der Waals surface area contributed by atoms with Gasteiger partial charge in [-0.15, -0.1) is 35.3 Å². The molecule has 0 amide bonds. The van der Waals surface area contributed by atoms with Gasteiger partial charge in [0.15, 0.2) is 5.96 Å². The van der Waals surface area contributed by atoms with Gasteiger partial charge in [-0.1, -0.05) is 44.2 Å². The summed E-state index contributed by atoms with van der Waals surface area (Å²) in [6.07, 6.45) is 0. The first-order valence-electron chi connectivity index (χ1n) is 7.99. The van der Waals surface area contributed by atoms with Gasteiger partial charge in [-0.2, -0.15) is 0 Å². The van der Waals surface area contributed by atoms with Crippen LogP contribution in [0.5, 0.6) is 0 Å². The van der Waals surface area contributed by atoms with E-state index in [1.54, 1.807) is 18.4 Å². The molecule has 2 N–H and O–H groups in total. The van der Waals surface area contributed by atoms with Crippen LogP contribution in [0.1, 0.15) is 53.9 Å². The van der Waals surface area contributed by atoms with E-state index >= 15 is 0 Å². The van der Waals surface area contributed by atoms with Gasteiger partial charge in [0.1, 0.15) is 5.01 Å². The summed E-state index contributed by atoms with van der Waals surface area (Å²) in [4.78, 5) is 10.3. The van der Waals surface area contributed by atoms with Gasteiger partial charge in [-0.05, 0) is 25.3 Å². The molecule has 132 valence electrons. The van der Waals surface area contributed by atoms with Crippen molar-refractivity contribution in [2.75, 3.05) is 7.05 Å². The highest BCUT2D eigenvalue weighted by Crippen LogP contribution is 2.23. The van der Waals surface area contributed by atoms with Gasteiger partial charge in [0.25, 0.3) is 0 Å². The molecule has 0 fully saturated rings. The Kier molecular flexibility index (Phi) is 8.69. The van der Waals surface area contributed by atoms with E-state index in [1.165, 1.54) is 16.1 Å². The number of rotatable bonds is 5. The van der Waals surface area contributed by atoms with Crippen LogP contribution >= 0.6 is 35.3 Å². The van der Waals surface area contributed by atoms with Crippen LogP contribution in [0.2, 0.25) is 0 Å². The monoisotopic (exact) mass is 458 g/mol. The molecule has 4 nitrogen and oxygen atoms in total. The molecule has 0 radical (unpaired) electrons. The highest BCUT2D eigenvalue weighted by molar-refractivity contribution is 14.0. The maximum absolute atomic E-state index is 4.73. The third kappa shape index (κ3) is 5.73. The quantitative estimate of drug-likeness (QED) is 0.391. The highest BCUT2D eigenvalue weighted by Gasteiger charge is 2.12. The molecule has 1 aromatic carbocycles. The molecular weight excluding hydrogens is 431 g/mol. The van der Waals surface area contributed by atoms with Gasteiger partial charge in [0.05, 0.1) is 18.3 Å². The predicted octanol–water partition coefficient (Wildman–Crippen LogP) is 4.62. The normalized spacial score (nSPS) is 12.7. The SMILES string of the molecule is CN=C(NCc1nc(C(C)C)c(C)s1)NC(C)c1ccccc1.I. The highest BCUT2D eigenvalue weighted by atomic mass is 127. The Morgan fingerprint density at radius 1 is 1.21 bits per heavy atom. The van der Waals surface area contributed by atoms with E-state index in [1.807, 2.05) is 6.07 Å². The molecule has 0 aliphatic rings. The van der Waals surface area contributed by atoms with Crippen molar-refractivity contribution in [2.45, 2.75) is 46.2 Å². The Morgan fingerprint density at radius 2 is 1.88 bits per heavy atom. The molecule has 1 unspecified atom stereocenters. The molecule has 24 heavy (non-hydrogen) atoms. The maximum Gasteiger partial charge on any atom is 0.191 e. The van der Waals surface area contributed by atoms with Crippen LogP contribution < -0.4 is 10.6 Å². The maximum atomic E-state index is 4.73. The smallest absolute Gasteiger partial charge is 0.191 e. The first kappa shape index (κ1) is 20.9. The fourth-order valence-electron chi connectivity index (χ4n) is 2.46. The summed E-state index contributed by atoms with van der Waals surface area (Å²) in [5.74, 6) is 1.26. The zero-order valence-corrected chi connectivity index (χ0v) is 18.1. The lowest BCUT2D eigenvalue weighted by atomic mass is 10.1. The lowest BCUT2D eigenvalue weighted by Gasteiger charge is -2.17. The number of aliphatic imine (C=N–C) groups is 1. The number of hydrogen-bond acceptors (Lipinski definition) is 3. The molecule has 0 bridgehead atoms. The summed E-state index contributed by atoms with van der Waals surface area (Å²) in [7, 11) is 1.79. The molecule has 0 saturated heterocycles. The second kappa shape index (κ2) is 9.98. The summed E-state index contributed by atoms with van der Waals surface area (Å²) in [5.41, 5.74) is 2.44. The van der Waals surface area contributed by atoms with E-state index in [0.717, 1.165) is 11.0 Å². The van der Waals surface area contributed by atoms with E-state index in [0.29, 0.717) is 12.5 Å². The van der Waals surface area contributed by atoms with Crippen molar-refractivity contribution < 1.29 is 0 Å². The van der Waals surface area contributed by atoms with Crippen LogP contribution in [-0.2, 0) is 6.54 Å². The van der Waals surface area contributed by atoms with E-state index in [4.69, 9.17) is 4.98 Å². The summed E-state index contributed by atoms with van der Waals surface area (Å²) < 4.78 is 0. The van der Waals surface area contributed by atoms with Gasteiger partial charge < -0.3 is 10.6 Å². The second-order valence-corrected chi connectivity index (χ2v) is 7.19. The number of hydrogen-bond donors (Lipinski definition) is 2. The number of thiazole rings is 1. The van der Waals surface area contributed by atoms with Gasteiger partial charge in [-0.3, -0.25) is 4.99 Å². The number of aryl methyl sites for hydroxylation is 1. The molecule has 0 saturated carbocycles. The fraction of sp³-hybridized carbons (Fsp3) is 0.444. The van der Waals surface area contributed by atoms with Gasteiger partial charge in [-0.25, -0.2) is 4.98 Å². The molecule has 2 rings (SSSR count). The van der Waals surface area contributed by atoms with Crippen molar-refractivity contribution in [1.82, 2.24) is 15.6 Å². The van der Waals surface area contributed by atoms with Crippen molar-refractivity contribution in [1.29, 1.82) is 0 Å². The number of halogens is 1. The number of nitrogens with one attached hydrogen (secondary N) is 2. The van der Waals surface area contributed by atoms with Crippen LogP contribution in [0.4, 0.5) is 0 Å². The molecule has 1 heterocycles. The van der Waals surface area contributed by atoms with E-state index in [-0.39, 0.29) is 30.0 Å². The summed E-state index contributed by atoms with van der Waals surface area (Å²) in [6, 6.07) is 10.6. The molecule has 0 spiro atoms. The lowest BCUT2D eigenvalue weighted by Crippen LogP contribution is -2.38. The Balaban J connectivity index is 0.00000288. The lowest BCUT2D eigenvalue weighted by molar-refractivity contribution is 0.684. The van der Waals surface area contributed by atoms with E-state index in [9.17, 15) is 0 Å². The van der Waals surface area contributed by atoms with Gasteiger partial charge in [0.2, 0.25) is 0 Å². The summed E-state index contributed by atoms with van der Waals surface area (Å²) in [5, 5.41) is 7.86. The molecule has 6 heteroatoms. The molecule has 1 aromatic heterocycles. The van der Waals surface area contributed by atoms with Gasteiger partial charge in [0, 0.05) is 11.9 Å². The Bertz CT molecular complexity index is 652. The van der Waals surface area contributed by atoms with Crippen molar-refractivity contribution in [3.05, 3.63) is 51.5 Å². The number of guanidine groups is 1. The average molecular weight is 458 g/mol. The first-order valence-corrected chi connectivity index (χ1v) is 8.81. The minimum atomic E-state index is 0. The zero-order chi connectivity index (χ0) is 16.8. The van der Waals surface area contributed by atoms with E-state index in [2.05, 4.69) is 67.6 Å². The summed E-state index contributed by atoms with van der Waals surface area (Å²) >= 11 is 1.75. The Hall–Kier alpha value is -1.15. The summed E-state index contributed by atoms with van der Waals surface area (Å²) in [6.45, 7) is 9.33. The molecule has 1 atom stereocenters. The van der Waals surface area contributed by atoms with Crippen LogP contribution in [-0.4, -0.2) is 18.0 Å². The van der Waals surface area contributed by atoms with Crippen LogP contribution in [0.25, 0.3) is 0 Å². The van der Waals surface area contributed by atoms with E-state index < -0.39 is 0 Å². The predicted molar refractivity (Wildman–Crippen MR) is 115 cm³/mol. The molecular formula is C18H27IN4S. The van der Waals surface area contributed by atoms with Crippen LogP contribution in [0.3, 0.4) is 0 Å². The topological polar surface area (TPSA) is 49.3 Å². The van der Waals surface area contributed by atoms with Crippen molar-refractivity contribution >= 4 is 41.3 Å². The molecule has 2 aromatic rings. The van der Waals surface area contributed by atoms with Crippen molar-refractivity contribution in [3.8, 4) is 0 Å². The average Bonchev–Trinajstić information content (AvgIpc) is 2.93. The van der Waals surface area contributed by atoms with Crippen molar-refractivity contribution in [3.63, 3.8) is 0 Å². The minimum Gasteiger partial charge on any atom is -0.350 e. The largest absolute Gasteiger partial charge is 0.350 e. The minimum absolute atomic E-state index is 0. The zero-order valence-electron chi connectivity index (χ0n) is 15.0. The Labute approximate surface area is 166 Å². The Morgan fingerprint density at radius 3 is 2.42 bits per heavy atom. The fourth-order valence-corrected chi connectivity index (χ4v) is 3.49. The third-order valence-electron chi connectivity index (χ3n) is 3.71. The number of benzene rings is 1. The second-order valence-electron chi connectivity index (χ2n) is 5.91. The van der Waals surface area contributed by atoms with Crippen LogP contribution in [0.15, 0.2) is 35.3 Å². The number of aromatic nitrogens is 1. The first-order chi connectivity index (χ1) is 11.0.